The van der Waals surface area contributed by atoms with Gasteiger partial charge < -0.3 is 5.11 Å². The van der Waals surface area contributed by atoms with Gasteiger partial charge in [0.25, 0.3) is 0 Å². The number of rotatable bonds is 2. The van der Waals surface area contributed by atoms with Gasteiger partial charge in [-0.15, -0.1) is 10.2 Å². The lowest BCUT2D eigenvalue weighted by Gasteiger charge is -2.28. The molecule has 1 aliphatic carbocycles. The summed E-state index contributed by atoms with van der Waals surface area (Å²) < 4.78 is 29.3. The van der Waals surface area contributed by atoms with Gasteiger partial charge in [-0.2, -0.15) is 0 Å². The van der Waals surface area contributed by atoms with Crippen molar-refractivity contribution in [3.8, 4) is 5.69 Å². The first kappa shape index (κ1) is 20.8. The molecule has 1 fully saturated rings. The van der Waals surface area contributed by atoms with E-state index in [4.69, 9.17) is 11.6 Å². The van der Waals surface area contributed by atoms with E-state index >= 15 is 0 Å². The average molecular weight is 460 g/mol. The lowest BCUT2D eigenvalue weighted by molar-refractivity contribution is 0.139. The third-order valence-electron chi connectivity index (χ3n) is 6.32. The molecule has 0 spiro atoms. The van der Waals surface area contributed by atoms with Crippen LogP contribution in [0.25, 0.3) is 5.69 Å². The molecule has 5 rings (SSSR count). The molecule has 1 aromatic carbocycles. The Morgan fingerprint density at radius 2 is 1.81 bits per heavy atom. The average Bonchev–Trinajstić information content (AvgIpc) is 3.09. The van der Waals surface area contributed by atoms with Crippen molar-refractivity contribution in [3.05, 3.63) is 70.0 Å². The second-order valence-electron chi connectivity index (χ2n) is 8.29. The normalized spacial score (nSPS) is 20.4. The monoisotopic (exact) mass is 459 g/mol. The third kappa shape index (κ3) is 3.70. The van der Waals surface area contributed by atoms with E-state index < -0.39 is 17.7 Å². The van der Waals surface area contributed by atoms with E-state index in [1.807, 2.05) is 10.6 Å². The lowest BCUT2D eigenvalue weighted by atomic mass is 9.79. The molecule has 32 heavy (non-hydrogen) atoms. The number of carbonyl (C=O) groups is 1. The van der Waals surface area contributed by atoms with Crippen LogP contribution in [0.3, 0.4) is 0 Å². The minimum atomic E-state index is -1.04. The maximum Gasteiger partial charge on any atom is 0.408 e. The number of halogens is 3. The molecule has 2 aromatic heterocycles. The molecule has 0 bridgehead atoms. The van der Waals surface area contributed by atoms with Crippen molar-refractivity contribution in [3.63, 3.8) is 0 Å². The second-order valence-corrected chi connectivity index (χ2v) is 8.73. The molecule has 1 N–H and O–H groups in total. The van der Waals surface area contributed by atoms with Crippen molar-refractivity contribution in [2.75, 3.05) is 0 Å². The Hall–Kier alpha value is -3.07. The van der Waals surface area contributed by atoms with Crippen LogP contribution in [0.4, 0.5) is 13.6 Å². The third-order valence-corrected chi connectivity index (χ3v) is 6.55. The van der Waals surface area contributed by atoms with Crippen molar-refractivity contribution in [2.45, 2.75) is 50.6 Å². The van der Waals surface area contributed by atoms with Crippen molar-refractivity contribution < 1.29 is 18.7 Å². The number of carboxylic acid groups (broad SMARTS) is 1. The predicted molar refractivity (Wildman–Crippen MR) is 112 cm³/mol. The van der Waals surface area contributed by atoms with Gasteiger partial charge in [0.15, 0.2) is 5.82 Å². The topological polar surface area (TPSA) is 84.1 Å². The molecule has 1 aliphatic heterocycles. The highest BCUT2D eigenvalue weighted by atomic mass is 35.5. The molecule has 3 heterocycles. The van der Waals surface area contributed by atoms with E-state index in [9.17, 15) is 18.7 Å². The number of aromatic nitrogens is 4. The molecule has 1 amide bonds. The Morgan fingerprint density at radius 3 is 2.53 bits per heavy atom. The Kier molecular flexibility index (Phi) is 5.28. The van der Waals surface area contributed by atoms with Crippen LogP contribution >= 0.6 is 11.6 Å². The number of hydrogen-bond donors (Lipinski definition) is 1. The summed E-state index contributed by atoms with van der Waals surface area (Å²) in [6, 6.07) is 6.28. The zero-order valence-electron chi connectivity index (χ0n) is 17.0. The summed E-state index contributed by atoms with van der Waals surface area (Å²) >= 11 is 6.18. The van der Waals surface area contributed by atoms with Crippen molar-refractivity contribution in [1.29, 1.82) is 0 Å². The molecular formula is C22H20ClF2N5O2. The first-order chi connectivity index (χ1) is 15.4. The Bertz CT molecular complexity index is 1190. The van der Waals surface area contributed by atoms with Crippen molar-refractivity contribution >= 4 is 17.7 Å². The Balaban J connectivity index is 1.45. The summed E-state index contributed by atoms with van der Waals surface area (Å²) in [5, 5.41) is 18.9. The molecule has 2 aliphatic rings. The fraction of sp³-hybridized carbons (Fsp3) is 0.364. The highest BCUT2D eigenvalue weighted by Gasteiger charge is 2.32. The van der Waals surface area contributed by atoms with Crippen LogP contribution < -0.4 is 0 Å². The van der Waals surface area contributed by atoms with Crippen LogP contribution in [0.15, 0.2) is 30.5 Å². The molecule has 0 unspecified atom stereocenters. The number of pyridine rings is 1. The molecule has 7 nitrogen and oxygen atoms in total. The zero-order chi connectivity index (χ0) is 22.4. The summed E-state index contributed by atoms with van der Waals surface area (Å²) in [5.74, 6) is 0.0335. The summed E-state index contributed by atoms with van der Waals surface area (Å²) in [5.41, 5.74) is 1.91. The fourth-order valence-electron chi connectivity index (χ4n) is 4.78. The molecule has 10 heteroatoms. The number of benzene rings is 1. The van der Waals surface area contributed by atoms with Gasteiger partial charge in [-0.05, 0) is 49.4 Å². The Morgan fingerprint density at radius 1 is 1.06 bits per heavy atom. The molecule has 3 aromatic rings. The van der Waals surface area contributed by atoms with Crippen LogP contribution in [-0.2, 0) is 13.1 Å². The highest BCUT2D eigenvalue weighted by molar-refractivity contribution is 6.30. The van der Waals surface area contributed by atoms with E-state index in [0.717, 1.165) is 42.2 Å². The zero-order valence-corrected chi connectivity index (χ0v) is 17.8. The van der Waals surface area contributed by atoms with E-state index in [1.54, 1.807) is 12.1 Å². The van der Waals surface area contributed by atoms with Crippen LogP contribution in [-0.4, -0.2) is 35.8 Å². The number of fused-ring (bicyclic) bond motifs is 3. The van der Waals surface area contributed by atoms with Gasteiger partial charge in [0, 0.05) is 22.9 Å². The van der Waals surface area contributed by atoms with Crippen LogP contribution in [0.5, 0.6) is 0 Å². The lowest BCUT2D eigenvalue weighted by Crippen LogP contribution is -2.27. The first-order valence-electron chi connectivity index (χ1n) is 10.4. The minimum Gasteiger partial charge on any atom is -0.465 e. The maximum atomic E-state index is 14.2. The van der Waals surface area contributed by atoms with Gasteiger partial charge in [0.2, 0.25) is 0 Å². The standard InChI is InChI=1S/C22H20ClF2N5O2/c23-15-5-6-18-14(7-15)10-29(22(31)32)11-19-27-28-21(30(18)19)13-3-1-12(2-4-13)20-17(25)8-16(24)9-26-20/h5-9,12-13H,1-4,10-11H2,(H,31,32)/t12-,13-. The molecule has 166 valence electrons. The van der Waals surface area contributed by atoms with E-state index in [0.29, 0.717) is 29.4 Å². The van der Waals surface area contributed by atoms with Crippen LogP contribution in [0.1, 0.15) is 60.4 Å². The van der Waals surface area contributed by atoms with Gasteiger partial charge in [-0.3, -0.25) is 14.5 Å². The SMILES string of the molecule is O=C(O)N1Cc2cc(Cl)ccc2-n2c(nnc2[C@H]2CC[C@H](c3ncc(F)cc3F)CC2)C1. The first-order valence-corrected chi connectivity index (χ1v) is 10.8. The smallest absolute Gasteiger partial charge is 0.408 e. The number of hydrogen-bond acceptors (Lipinski definition) is 4. The van der Waals surface area contributed by atoms with Gasteiger partial charge in [0.05, 0.1) is 30.7 Å². The molecular weight excluding hydrogens is 440 g/mol. The highest BCUT2D eigenvalue weighted by Crippen LogP contribution is 2.41. The molecule has 1 saturated carbocycles. The summed E-state index contributed by atoms with van der Waals surface area (Å²) in [6.07, 6.45) is 2.89. The van der Waals surface area contributed by atoms with E-state index in [-0.39, 0.29) is 24.9 Å². The van der Waals surface area contributed by atoms with Crippen molar-refractivity contribution in [2.24, 2.45) is 0 Å². The second kappa shape index (κ2) is 8.12. The molecule has 0 saturated heterocycles. The van der Waals surface area contributed by atoms with Gasteiger partial charge in [-0.1, -0.05) is 11.6 Å². The van der Waals surface area contributed by atoms with Gasteiger partial charge in [0.1, 0.15) is 17.5 Å². The Labute approximate surface area is 187 Å². The van der Waals surface area contributed by atoms with E-state index in [1.165, 1.54) is 4.90 Å². The summed E-state index contributed by atoms with van der Waals surface area (Å²) in [7, 11) is 0. The molecule has 0 radical (unpaired) electrons. The number of amides is 1. The van der Waals surface area contributed by atoms with Gasteiger partial charge in [-0.25, -0.2) is 13.6 Å². The quantitative estimate of drug-likeness (QED) is 0.581. The van der Waals surface area contributed by atoms with Crippen LogP contribution in [0, 0.1) is 11.6 Å². The fourth-order valence-corrected chi connectivity index (χ4v) is 4.97. The van der Waals surface area contributed by atoms with Crippen molar-refractivity contribution in [1.82, 2.24) is 24.6 Å². The summed E-state index contributed by atoms with van der Waals surface area (Å²) in [6.45, 7) is 0.324. The molecule has 0 atom stereocenters. The van der Waals surface area contributed by atoms with Crippen LogP contribution in [0.2, 0.25) is 5.02 Å². The predicted octanol–water partition coefficient (Wildman–Crippen LogP) is 5.03. The summed E-state index contributed by atoms with van der Waals surface area (Å²) in [4.78, 5) is 17.0. The minimum absolute atomic E-state index is 0.0769. The largest absolute Gasteiger partial charge is 0.465 e. The van der Waals surface area contributed by atoms with Gasteiger partial charge >= 0.3 is 6.09 Å². The van der Waals surface area contributed by atoms with E-state index in [2.05, 4.69) is 15.2 Å². The number of nitrogens with zero attached hydrogens (tertiary/aromatic N) is 5. The maximum absolute atomic E-state index is 14.2.